The van der Waals surface area contributed by atoms with Crippen LogP contribution in [0.1, 0.15) is 107 Å². The number of rotatable bonds is 4. The number of hydrogen-bond acceptors (Lipinski definition) is 2. The Kier molecular flexibility index (Phi) is 8.09. The van der Waals surface area contributed by atoms with Gasteiger partial charge < -0.3 is 21.3 Å². The minimum atomic E-state index is 0.480. The molecule has 4 heteroatoms. The minimum absolute atomic E-state index is 0.480. The second kappa shape index (κ2) is 10.8. The molecule has 8 bridgehead atoms. The predicted octanol–water partition coefficient (Wildman–Crippen LogP) is 7.27. The van der Waals surface area contributed by atoms with E-state index in [-0.39, 0.29) is 0 Å². The SMILES string of the molecule is CCC1=C(C)C2CC3[N-]C(CC4NC(CC5[N-]C(CC1N2)C(C)C5CC)C(C)=C4CC)C(CC)C3C. The summed E-state index contributed by atoms with van der Waals surface area (Å²) in [5, 5.41) is 19.5. The first-order valence-electron chi connectivity index (χ1n) is 15.6. The highest BCUT2D eigenvalue weighted by atomic mass is 15.1. The van der Waals surface area contributed by atoms with Gasteiger partial charge in [0.1, 0.15) is 0 Å². The standard InChI is InChI=1S/C32H54N4/c1-9-21-17(5)25-13-26-18(6)23(11-3)31(34-26)16-32-24(12-4)20(8)28(36-32)15-30-22(10-2)19(7)27(35-30)14-29(21)33-25/h18-19,22-23,25-33,36H,9-16H2,1-8H3/q-2. The van der Waals surface area contributed by atoms with Gasteiger partial charge in [-0.15, -0.1) is 24.2 Å². The Morgan fingerprint density at radius 3 is 1.33 bits per heavy atom. The van der Waals surface area contributed by atoms with E-state index >= 15 is 0 Å². The Bertz CT molecular complexity index is 860. The molecule has 12 unspecified atom stereocenters. The molecule has 204 valence electrons. The van der Waals surface area contributed by atoms with Crippen molar-refractivity contribution in [2.75, 3.05) is 0 Å². The van der Waals surface area contributed by atoms with Gasteiger partial charge in [0.2, 0.25) is 0 Å². The summed E-state index contributed by atoms with van der Waals surface area (Å²) < 4.78 is 0. The Morgan fingerprint density at radius 1 is 0.583 bits per heavy atom. The van der Waals surface area contributed by atoms with Crippen molar-refractivity contribution in [1.82, 2.24) is 10.6 Å². The fourth-order valence-electron chi connectivity index (χ4n) is 9.43. The van der Waals surface area contributed by atoms with Crippen LogP contribution >= 0.6 is 0 Å². The van der Waals surface area contributed by atoms with Crippen LogP contribution in [0.4, 0.5) is 0 Å². The highest BCUT2D eigenvalue weighted by Gasteiger charge is 2.41. The molecule has 5 rings (SSSR count). The van der Waals surface area contributed by atoms with Gasteiger partial charge in [0, 0.05) is 24.2 Å². The van der Waals surface area contributed by atoms with Gasteiger partial charge in [-0.3, -0.25) is 0 Å². The molecule has 2 N–H and O–H groups in total. The van der Waals surface area contributed by atoms with Crippen molar-refractivity contribution in [3.63, 3.8) is 0 Å². The maximum Gasteiger partial charge on any atom is 0.0274 e. The van der Waals surface area contributed by atoms with Crippen LogP contribution < -0.4 is 10.6 Å². The third-order valence-corrected chi connectivity index (χ3v) is 11.6. The molecular formula is C32H54N4-2. The largest absolute Gasteiger partial charge is 0.656 e. The van der Waals surface area contributed by atoms with E-state index in [1.807, 2.05) is 0 Å². The van der Waals surface area contributed by atoms with E-state index < -0.39 is 0 Å². The molecule has 0 aromatic rings. The first-order chi connectivity index (χ1) is 17.3. The predicted molar refractivity (Wildman–Crippen MR) is 154 cm³/mol. The first kappa shape index (κ1) is 26.9. The third kappa shape index (κ3) is 4.56. The average molecular weight is 495 g/mol. The zero-order valence-electron chi connectivity index (χ0n) is 24.5. The highest BCUT2D eigenvalue weighted by Crippen LogP contribution is 2.48. The van der Waals surface area contributed by atoms with Crippen molar-refractivity contribution in [3.05, 3.63) is 32.9 Å². The topological polar surface area (TPSA) is 52.3 Å². The lowest BCUT2D eigenvalue weighted by atomic mass is 9.81. The maximum atomic E-state index is 5.60. The van der Waals surface area contributed by atoms with Gasteiger partial charge in [-0.25, -0.2) is 0 Å². The summed E-state index contributed by atoms with van der Waals surface area (Å²) in [6.07, 6.45) is 9.55. The lowest BCUT2D eigenvalue weighted by molar-refractivity contribution is 0.305. The van der Waals surface area contributed by atoms with Crippen LogP contribution in [0.5, 0.6) is 0 Å². The molecule has 0 aromatic heterocycles. The molecule has 3 saturated heterocycles. The fraction of sp³-hybridized carbons (Fsp3) is 0.875. The van der Waals surface area contributed by atoms with Crippen molar-refractivity contribution in [2.45, 2.75) is 155 Å². The summed E-state index contributed by atoms with van der Waals surface area (Å²) in [5.74, 6) is 2.79. The summed E-state index contributed by atoms with van der Waals surface area (Å²) >= 11 is 0. The molecular weight excluding hydrogens is 440 g/mol. The second-order valence-corrected chi connectivity index (χ2v) is 13.0. The van der Waals surface area contributed by atoms with E-state index in [1.54, 1.807) is 22.3 Å². The van der Waals surface area contributed by atoms with Crippen molar-refractivity contribution >= 4 is 0 Å². The molecule has 5 heterocycles. The van der Waals surface area contributed by atoms with Gasteiger partial charge in [0.15, 0.2) is 0 Å². The second-order valence-electron chi connectivity index (χ2n) is 13.0. The van der Waals surface area contributed by atoms with Gasteiger partial charge in [-0.1, -0.05) is 100 Å². The smallest absolute Gasteiger partial charge is 0.0274 e. The van der Waals surface area contributed by atoms with E-state index in [1.165, 1.54) is 38.5 Å². The van der Waals surface area contributed by atoms with Gasteiger partial charge in [-0.2, -0.15) is 0 Å². The van der Waals surface area contributed by atoms with E-state index in [4.69, 9.17) is 10.6 Å². The summed E-state index contributed by atoms with van der Waals surface area (Å²) in [6.45, 7) is 19.4. The van der Waals surface area contributed by atoms with Crippen molar-refractivity contribution < 1.29 is 0 Å². The van der Waals surface area contributed by atoms with Gasteiger partial charge in [-0.05, 0) is 52.4 Å². The average Bonchev–Trinajstić information content (AvgIpc) is 3.51. The van der Waals surface area contributed by atoms with E-state index in [0.717, 1.165) is 12.8 Å². The summed E-state index contributed by atoms with van der Waals surface area (Å²) in [6, 6.07) is 3.91. The maximum absolute atomic E-state index is 5.60. The molecule has 0 aliphatic carbocycles. The Labute approximate surface area is 222 Å². The fourth-order valence-corrected chi connectivity index (χ4v) is 9.43. The zero-order chi connectivity index (χ0) is 25.7. The Hall–Kier alpha value is -0.680. The van der Waals surface area contributed by atoms with Crippen LogP contribution in [0.25, 0.3) is 10.6 Å². The number of hydrogen-bond donors (Lipinski definition) is 2. The lowest BCUT2D eigenvalue weighted by Crippen LogP contribution is -2.38. The molecule has 12 atom stereocenters. The van der Waals surface area contributed by atoms with Gasteiger partial charge in [0.25, 0.3) is 0 Å². The third-order valence-electron chi connectivity index (χ3n) is 11.6. The van der Waals surface area contributed by atoms with Crippen molar-refractivity contribution in [1.29, 1.82) is 0 Å². The van der Waals surface area contributed by atoms with Crippen LogP contribution in [-0.4, -0.2) is 48.3 Å². The molecule has 3 fully saturated rings. The van der Waals surface area contributed by atoms with E-state index in [2.05, 4.69) is 66.0 Å². The summed E-state index contributed by atoms with van der Waals surface area (Å²) in [7, 11) is 0. The van der Waals surface area contributed by atoms with E-state index in [9.17, 15) is 0 Å². The molecule has 0 amide bonds. The molecule has 36 heavy (non-hydrogen) atoms. The summed E-state index contributed by atoms with van der Waals surface area (Å²) in [4.78, 5) is 0. The number of nitrogens with one attached hydrogen (secondary N) is 2. The van der Waals surface area contributed by atoms with Crippen LogP contribution in [0.3, 0.4) is 0 Å². The van der Waals surface area contributed by atoms with Crippen LogP contribution in [-0.2, 0) is 0 Å². The number of fused-ring (bicyclic) bond motifs is 8. The van der Waals surface area contributed by atoms with Crippen LogP contribution in [0.2, 0.25) is 0 Å². The quantitative estimate of drug-likeness (QED) is 0.404. The van der Waals surface area contributed by atoms with Crippen LogP contribution in [0.15, 0.2) is 22.3 Å². The number of nitrogens with zero attached hydrogens (tertiary/aromatic N) is 2. The molecule has 0 radical (unpaired) electrons. The van der Waals surface area contributed by atoms with Gasteiger partial charge >= 0.3 is 0 Å². The lowest BCUT2D eigenvalue weighted by Gasteiger charge is -2.38. The molecule has 0 saturated carbocycles. The normalized spacial score (nSPS) is 47.3. The molecule has 5 aliphatic heterocycles. The molecule has 4 nitrogen and oxygen atoms in total. The zero-order valence-corrected chi connectivity index (χ0v) is 24.5. The van der Waals surface area contributed by atoms with Crippen LogP contribution in [0, 0.1) is 23.7 Å². The first-order valence-corrected chi connectivity index (χ1v) is 15.6. The van der Waals surface area contributed by atoms with Crippen molar-refractivity contribution in [3.8, 4) is 0 Å². The monoisotopic (exact) mass is 494 g/mol. The summed E-state index contributed by atoms with van der Waals surface area (Å²) in [5.41, 5.74) is 6.58. The van der Waals surface area contributed by atoms with Crippen molar-refractivity contribution in [2.24, 2.45) is 23.7 Å². The van der Waals surface area contributed by atoms with E-state index in [0.29, 0.717) is 72.0 Å². The van der Waals surface area contributed by atoms with Gasteiger partial charge in [0.05, 0.1) is 0 Å². The Morgan fingerprint density at radius 2 is 0.944 bits per heavy atom. The minimum Gasteiger partial charge on any atom is -0.656 e. The molecule has 0 aromatic carbocycles. The molecule has 0 spiro atoms. The Balaban J connectivity index is 1.48. The highest BCUT2D eigenvalue weighted by molar-refractivity contribution is 5.35. The molecule has 5 aliphatic rings.